The molecule has 0 spiro atoms. The molecule has 1 fully saturated rings. The Morgan fingerprint density at radius 3 is 2.81 bits per heavy atom. The molecule has 2 heterocycles. The Morgan fingerprint density at radius 2 is 2.06 bits per heavy atom. The van der Waals surface area contributed by atoms with E-state index in [-0.39, 0.29) is 35.8 Å². The van der Waals surface area contributed by atoms with Crippen molar-refractivity contribution in [1.82, 2.24) is 40.2 Å². The van der Waals surface area contributed by atoms with Gasteiger partial charge in [0.05, 0.1) is 19.9 Å². The van der Waals surface area contributed by atoms with E-state index in [0.717, 1.165) is 19.1 Å². The molecule has 12 nitrogen and oxygen atoms in total. The van der Waals surface area contributed by atoms with Gasteiger partial charge in [-0.25, -0.2) is 27.5 Å². The first-order valence-electron chi connectivity index (χ1n) is 11.3. The zero-order valence-corrected chi connectivity index (χ0v) is 20.9. The number of nitrogens with zero attached hydrogens (tertiary/aromatic N) is 6. The molecule has 0 radical (unpaired) electrons. The van der Waals surface area contributed by atoms with Crippen molar-refractivity contribution in [3.63, 3.8) is 0 Å². The van der Waals surface area contributed by atoms with Gasteiger partial charge in [0.15, 0.2) is 11.6 Å². The van der Waals surface area contributed by atoms with Crippen LogP contribution in [0.1, 0.15) is 41.1 Å². The van der Waals surface area contributed by atoms with Crippen LogP contribution in [0.4, 0.5) is 4.39 Å². The zero-order valence-electron chi connectivity index (χ0n) is 20.1. The minimum Gasteiger partial charge on any atom is -0.494 e. The monoisotopic (exact) mass is 518 g/mol. The number of benzene rings is 1. The maximum atomic E-state index is 13.6. The van der Waals surface area contributed by atoms with Gasteiger partial charge in [-0.05, 0) is 61.1 Å². The maximum absolute atomic E-state index is 13.6. The Kier molecular flexibility index (Phi) is 7.54. The van der Waals surface area contributed by atoms with E-state index in [2.05, 4.69) is 35.4 Å². The van der Waals surface area contributed by atoms with Gasteiger partial charge in [0.25, 0.3) is 5.91 Å². The van der Waals surface area contributed by atoms with Crippen LogP contribution in [0.2, 0.25) is 0 Å². The average molecular weight is 519 g/mol. The summed E-state index contributed by atoms with van der Waals surface area (Å²) in [7, 11) is -1.87. The average Bonchev–Trinajstić information content (AvgIpc) is 3.46. The van der Waals surface area contributed by atoms with Crippen LogP contribution >= 0.6 is 0 Å². The minimum absolute atomic E-state index is 0.0884. The smallest absolute Gasteiger partial charge is 0.270 e. The highest BCUT2D eigenvalue weighted by molar-refractivity contribution is 7.88. The summed E-state index contributed by atoms with van der Waals surface area (Å²) in [5.41, 5.74) is 1.15. The van der Waals surface area contributed by atoms with Gasteiger partial charge < -0.3 is 10.1 Å². The quantitative estimate of drug-likeness (QED) is 0.426. The van der Waals surface area contributed by atoms with Crippen molar-refractivity contribution in [2.75, 3.05) is 13.4 Å². The summed E-state index contributed by atoms with van der Waals surface area (Å²) >= 11 is 0. The highest BCUT2D eigenvalue weighted by Crippen LogP contribution is 2.27. The number of carbonyl (C=O) groups excluding carboxylic acids is 1. The van der Waals surface area contributed by atoms with E-state index in [4.69, 9.17) is 4.74 Å². The number of carbonyl (C=O) groups is 1. The molecular weight excluding hydrogens is 491 g/mol. The molecule has 3 aromatic rings. The van der Waals surface area contributed by atoms with Gasteiger partial charge in [0.2, 0.25) is 15.8 Å². The maximum Gasteiger partial charge on any atom is 0.270 e. The molecule has 2 aromatic heterocycles. The Labute approximate surface area is 207 Å². The molecule has 0 unspecified atom stereocenters. The summed E-state index contributed by atoms with van der Waals surface area (Å²) in [6.45, 7) is 2.30. The van der Waals surface area contributed by atoms with E-state index in [9.17, 15) is 17.6 Å². The van der Waals surface area contributed by atoms with Crippen LogP contribution in [0.25, 0.3) is 11.5 Å². The van der Waals surface area contributed by atoms with E-state index in [1.807, 2.05) is 0 Å². The third-order valence-electron chi connectivity index (χ3n) is 5.76. The van der Waals surface area contributed by atoms with E-state index >= 15 is 0 Å². The molecule has 14 heteroatoms. The Morgan fingerprint density at radius 1 is 1.25 bits per heavy atom. The summed E-state index contributed by atoms with van der Waals surface area (Å²) in [6, 6.07) is 5.74. The lowest BCUT2D eigenvalue weighted by molar-refractivity contribution is 0.0945. The summed E-state index contributed by atoms with van der Waals surface area (Å²) < 4.78 is 44.1. The molecule has 0 saturated heterocycles. The summed E-state index contributed by atoms with van der Waals surface area (Å²) in [5, 5.41) is 15.3. The molecule has 4 rings (SSSR count). The standard InChI is InChI=1S/C22H27FN8O4S/c1-13-25-18(10-19(26-13)22(32)24-11-14-5-7-17(23)20(9-14)35-2)21-27-30-31(28-21)12-15-4-6-16(8-15)29-36(3,33)34/h5,7,9-10,15-16,29H,4,6,8,11-12H2,1-3H3,(H,24,32)/t15-,16+/m1/s1. The van der Waals surface area contributed by atoms with Crippen molar-refractivity contribution in [2.45, 2.75) is 45.3 Å². The lowest BCUT2D eigenvalue weighted by Gasteiger charge is -2.11. The number of aromatic nitrogens is 6. The molecule has 2 atom stereocenters. The predicted octanol–water partition coefficient (Wildman–Crippen LogP) is 1.23. The van der Waals surface area contributed by atoms with Crippen molar-refractivity contribution in [1.29, 1.82) is 0 Å². The van der Waals surface area contributed by atoms with Gasteiger partial charge >= 0.3 is 0 Å². The lowest BCUT2D eigenvalue weighted by atomic mass is 10.1. The van der Waals surface area contributed by atoms with Crippen LogP contribution in [0.15, 0.2) is 24.3 Å². The molecule has 1 aliphatic carbocycles. The molecule has 1 aromatic carbocycles. The van der Waals surface area contributed by atoms with E-state index in [1.165, 1.54) is 30.1 Å². The van der Waals surface area contributed by atoms with Gasteiger partial charge in [-0.15, -0.1) is 10.2 Å². The van der Waals surface area contributed by atoms with Crippen molar-refractivity contribution in [3.8, 4) is 17.3 Å². The second-order valence-corrected chi connectivity index (χ2v) is 10.6. The summed E-state index contributed by atoms with van der Waals surface area (Å²) in [4.78, 5) is 22.7. The largest absolute Gasteiger partial charge is 0.494 e. The first-order chi connectivity index (χ1) is 17.1. The van der Waals surface area contributed by atoms with Crippen LogP contribution in [0.3, 0.4) is 0 Å². The number of nitrogens with one attached hydrogen (secondary N) is 2. The Hall–Kier alpha value is -3.52. The van der Waals surface area contributed by atoms with Crippen LogP contribution in [0, 0.1) is 18.7 Å². The van der Waals surface area contributed by atoms with Gasteiger partial charge in [0, 0.05) is 12.6 Å². The molecule has 192 valence electrons. The van der Waals surface area contributed by atoms with Crippen LogP contribution in [0.5, 0.6) is 5.75 Å². The van der Waals surface area contributed by atoms with Crippen LogP contribution < -0.4 is 14.8 Å². The summed E-state index contributed by atoms with van der Waals surface area (Å²) in [5.74, 6) is 0.000558. The highest BCUT2D eigenvalue weighted by atomic mass is 32.2. The number of halogens is 1. The van der Waals surface area contributed by atoms with Crippen molar-refractivity contribution in [3.05, 3.63) is 47.2 Å². The van der Waals surface area contributed by atoms with E-state index < -0.39 is 21.7 Å². The molecule has 1 aliphatic rings. The molecule has 1 amide bonds. The number of hydrogen-bond acceptors (Lipinski definition) is 9. The van der Waals surface area contributed by atoms with Crippen molar-refractivity contribution < 1.29 is 22.3 Å². The minimum atomic E-state index is -3.24. The third kappa shape index (κ3) is 6.57. The second kappa shape index (κ2) is 10.6. The normalized spacial score (nSPS) is 17.8. The van der Waals surface area contributed by atoms with Gasteiger partial charge in [-0.3, -0.25) is 4.79 Å². The lowest BCUT2D eigenvalue weighted by Crippen LogP contribution is -2.32. The molecule has 2 N–H and O–H groups in total. The first kappa shape index (κ1) is 25.6. The third-order valence-corrected chi connectivity index (χ3v) is 6.53. The number of sulfonamides is 1. The highest BCUT2D eigenvalue weighted by Gasteiger charge is 2.27. The molecule has 36 heavy (non-hydrogen) atoms. The number of methoxy groups -OCH3 is 1. The predicted molar refractivity (Wildman–Crippen MR) is 127 cm³/mol. The molecule has 1 saturated carbocycles. The molecule has 0 aliphatic heterocycles. The molecule has 0 bridgehead atoms. The van der Waals surface area contributed by atoms with Crippen LogP contribution in [-0.4, -0.2) is 63.9 Å². The summed E-state index contributed by atoms with van der Waals surface area (Å²) in [6.07, 6.45) is 3.46. The Bertz CT molecular complexity index is 1360. The second-order valence-electron chi connectivity index (χ2n) is 8.77. The number of rotatable bonds is 9. The zero-order chi connectivity index (χ0) is 25.9. The van der Waals surface area contributed by atoms with Crippen LogP contribution in [-0.2, 0) is 23.1 Å². The number of tetrazole rings is 1. The van der Waals surface area contributed by atoms with E-state index in [1.54, 1.807) is 13.0 Å². The van der Waals surface area contributed by atoms with Gasteiger partial charge in [-0.1, -0.05) is 6.07 Å². The number of aryl methyl sites for hydroxylation is 1. The first-order valence-corrected chi connectivity index (χ1v) is 13.2. The van der Waals surface area contributed by atoms with Gasteiger partial charge in [0.1, 0.15) is 17.2 Å². The fraction of sp³-hybridized carbons (Fsp3) is 0.455. The van der Waals surface area contributed by atoms with Gasteiger partial charge in [-0.2, -0.15) is 4.80 Å². The number of amides is 1. The number of ether oxygens (including phenoxy) is 1. The SMILES string of the molecule is COc1cc(CNC(=O)c2cc(-c3nnn(C[C@@H]4CC[C@H](NS(C)(=O)=O)C4)n3)nc(C)n2)ccc1F. The van der Waals surface area contributed by atoms with E-state index in [0.29, 0.717) is 30.0 Å². The fourth-order valence-electron chi connectivity index (χ4n) is 4.19. The fourth-order valence-corrected chi connectivity index (χ4v) is 5.01. The Balaban J connectivity index is 1.40. The topological polar surface area (TPSA) is 154 Å². The number of hydrogen-bond donors (Lipinski definition) is 2. The molecular formula is C22H27FN8O4S. The van der Waals surface area contributed by atoms with Crippen molar-refractivity contribution in [2.24, 2.45) is 5.92 Å². The van der Waals surface area contributed by atoms with Crippen molar-refractivity contribution >= 4 is 15.9 Å².